The minimum atomic E-state index is -0.602. The van der Waals surface area contributed by atoms with E-state index in [1.165, 1.54) is 4.90 Å². The lowest BCUT2D eigenvalue weighted by molar-refractivity contribution is -0.906. The SMILES string of the molecule is Nc1nc(NCC[NH+]2CCOCC2)nc(Nc2ccc(Cl)cc2)c1[N+](=O)[O-]. The van der Waals surface area contributed by atoms with E-state index in [9.17, 15) is 10.1 Å². The summed E-state index contributed by atoms with van der Waals surface area (Å²) in [5, 5.41) is 17.9. The second-order valence-corrected chi connectivity index (χ2v) is 6.49. The molecule has 0 atom stereocenters. The van der Waals surface area contributed by atoms with Gasteiger partial charge >= 0.3 is 5.69 Å². The van der Waals surface area contributed by atoms with Crippen molar-refractivity contribution in [1.29, 1.82) is 0 Å². The lowest BCUT2D eigenvalue weighted by Crippen LogP contribution is -3.14. The molecule has 0 spiro atoms. The van der Waals surface area contributed by atoms with Crippen molar-refractivity contribution in [3.05, 3.63) is 39.4 Å². The lowest BCUT2D eigenvalue weighted by atomic mass is 10.3. The van der Waals surface area contributed by atoms with Gasteiger partial charge in [0, 0.05) is 10.7 Å². The van der Waals surface area contributed by atoms with Gasteiger partial charge in [-0.25, -0.2) is 0 Å². The average molecular weight is 395 g/mol. The van der Waals surface area contributed by atoms with Crippen LogP contribution < -0.4 is 21.3 Å². The Labute approximate surface area is 160 Å². The Morgan fingerprint density at radius 1 is 1.26 bits per heavy atom. The van der Waals surface area contributed by atoms with E-state index in [-0.39, 0.29) is 23.3 Å². The topological polar surface area (TPSA) is 133 Å². The zero-order chi connectivity index (χ0) is 19.2. The summed E-state index contributed by atoms with van der Waals surface area (Å²) in [7, 11) is 0. The second-order valence-electron chi connectivity index (χ2n) is 6.06. The fraction of sp³-hybridized carbons (Fsp3) is 0.375. The van der Waals surface area contributed by atoms with E-state index in [0.29, 0.717) is 17.3 Å². The molecule has 1 aliphatic heterocycles. The van der Waals surface area contributed by atoms with Gasteiger partial charge in [0.2, 0.25) is 17.6 Å². The van der Waals surface area contributed by atoms with Crippen molar-refractivity contribution in [2.24, 2.45) is 0 Å². The number of quaternary nitrogens is 1. The standard InChI is InChI=1S/C16H20ClN7O3/c17-11-1-3-12(4-2-11)20-15-13(24(25)26)14(18)21-16(22-15)19-5-6-23-7-9-27-10-8-23/h1-4H,5-10H2,(H4,18,19,20,21,22)/p+1. The number of hydrogen-bond acceptors (Lipinski definition) is 8. The van der Waals surface area contributed by atoms with Crippen LogP contribution in [0.2, 0.25) is 5.02 Å². The van der Waals surface area contributed by atoms with Crippen molar-refractivity contribution < 1.29 is 14.6 Å². The maximum absolute atomic E-state index is 11.4. The predicted molar refractivity (Wildman–Crippen MR) is 103 cm³/mol. The maximum atomic E-state index is 11.4. The molecule has 0 aliphatic carbocycles. The predicted octanol–water partition coefficient (Wildman–Crippen LogP) is 0.691. The summed E-state index contributed by atoms with van der Waals surface area (Å²) in [4.78, 5) is 20.4. The first-order valence-electron chi connectivity index (χ1n) is 8.52. The Balaban J connectivity index is 1.73. The van der Waals surface area contributed by atoms with E-state index in [0.717, 1.165) is 32.8 Å². The van der Waals surface area contributed by atoms with Crippen LogP contribution >= 0.6 is 11.6 Å². The van der Waals surface area contributed by atoms with Crippen molar-refractivity contribution in [1.82, 2.24) is 9.97 Å². The number of nitrogens with one attached hydrogen (secondary N) is 3. The van der Waals surface area contributed by atoms with Gasteiger partial charge in [0.05, 0.1) is 31.2 Å². The summed E-state index contributed by atoms with van der Waals surface area (Å²) in [6.45, 7) is 4.90. The second kappa shape index (κ2) is 8.80. The van der Waals surface area contributed by atoms with Gasteiger partial charge in [-0.2, -0.15) is 9.97 Å². The molecule has 2 aromatic rings. The van der Waals surface area contributed by atoms with E-state index in [2.05, 4.69) is 20.6 Å². The number of ether oxygens (including phenoxy) is 1. The number of nitrogens with two attached hydrogens (primary N) is 1. The maximum Gasteiger partial charge on any atom is 0.353 e. The molecule has 1 fully saturated rings. The van der Waals surface area contributed by atoms with Crippen LogP contribution in [0.1, 0.15) is 0 Å². The summed E-state index contributed by atoms with van der Waals surface area (Å²) < 4.78 is 5.33. The number of hydrogen-bond donors (Lipinski definition) is 4. The number of nitrogens with zero attached hydrogens (tertiary/aromatic N) is 3. The van der Waals surface area contributed by atoms with Crippen molar-refractivity contribution in [2.75, 3.05) is 55.8 Å². The number of aromatic nitrogens is 2. The molecule has 11 heteroatoms. The van der Waals surface area contributed by atoms with Gasteiger partial charge in [-0.05, 0) is 24.3 Å². The third-order valence-electron chi connectivity index (χ3n) is 4.16. The van der Waals surface area contributed by atoms with Crippen LogP contribution in [0.3, 0.4) is 0 Å². The van der Waals surface area contributed by atoms with Crippen LogP contribution in [0.15, 0.2) is 24.3 Å². The lowest BCUT2D eigenvalue weighted by Gasteiger charge is -2.23. The molecular formula is C16H21ClN7O3+. The third-order valence-corrected chi connectivity index (χ3v) is 4.41. The first kappa shape index (κ1) is 19.1. The monoisotopic (exact) mass is 394 g/mol. The van der Waals surface area contributed by atoms with E-state index in [4.69, 9.17) is 22.1 Å². The summed E-state index contributed by atoms with van der Waals surface area (Å²) >= 11 is 5.87. The van der Waals surface area contributed by atoms with Gasteiger partial charge in [-0.1, -0.05) is 11.6 Å². The molecule has 1 aromatic carbocycles. The molecule has 27 heavy (non-hydrogen) atoms. The van der Waals surface area contributed by atoms with Crippen molar-refractivity contribution in [3.8, 4) is 0 Å². The third kappa shape index (κ3) is 5.16. The van der Waals surface area contributed by atoms with E-state index in [1.807, 2.05) is 0 Å². The fourth-order valence-electron chi connectivity index (χ4n) is 2.75. The molecule has 1 saturated heterocycles. The van der Waals surface area contributed by atoms with Crippen LogP contribution in [-0.4, -0.2) is 54.3 Å². The van der Waals surface area contributed by atoms with Crippen LogP contribution in [0.25, 0.3) is 0 Å². The smallest absolute Gasteiger partial charge is 0.353 e. The molecular weight excluding hydrogens is 374 g/mol. The molecule has 3 rings (SSSR count). The Bertz CT molecular complexity index is 797. The average Bonchev–Trinajstić information content (AvgIpc) is 2.64. The summed E-state index contributed by atoms with van der Waals surface area (Å²) in [5.74, 6) is 0.0611. The first-order valence-corrected chi connectivity index (χ1v) is 8.90. The molecule has 1 aliphatic rings. The molecule has 0 amide bonds. The molecule has 0 bridgehead atoms. The molecule has 144 valence electrons. The first-order chi connectivity index (χ1) is 13.0. The number of nitrogen functional groups attached to an aromatic ring is 1. The highest BCUT2D eigenvalue weighted by Crippen LogP contribution is 2.31. The summed E-state index contributed by atoms with van der Waals surface area (Å²) in [6.07, 6.45) is 0. The molecule has 10 nitrogen and oxygen atoms in total. The largest absolute Gasteiger partial charge is 0.378 e. The van der Waals surface area contributed by atoms with Gasteiger partial charge in [0.1, 0.15) is 13.1 Å². The van der Waals surface area contributed by atoms with E-state index in [1.54, 1.807) is 24.3 Å². The van der Waals surface area contributed by atoms with Crippen LogP contribution in [0.4, 0.5) is 29.0 Å². The van der Waals surface area contributed by atoms with Crippen molar-refractivity contribution in [2.45, 2.75) is 0 Å². The molecule has 5 N–H and O–H groups in total. The molecule has 1 aromatic heterocycles. The molecule has 0 saturated carbocycles. The number of benzene rings is 1. The van der Waals surface area contributed by atoms with Gasteiger partial charge in [0.25, 0.3) is 0 Å². The van der Waals surface area contributed by atoms with Gasteiger partial charge < -0.3 is 26.0 Å². The fourth-order valence-corrected chi connectivity index (χ4v) is 2.88. The van der Waals surface area contributed by atoms with E-state index >= 15 is 0 Å². The number of nitro groups is 1. The van der Waals surface area contributed by atoms with Crippen molar-refractivity contribution >= 4 is 40.6 Å². The highest BCUT2D eigenvalue weighted by atomic mass is 35.5. The highest BCUT2D eigenvalue weighted by Gasteiger charge is 2.23. The quantitative estimate of drug-likeness (QED) is 0.398. The Morgan fingerprint density at radius 2 is 1.96 bits per heavy atom. The Morgan fingerprint density at radius 3 is 2.63 bits per heavy atom. The minimum Gasteiger partial charge on any atom is -0.378 e. The van der Waals surface area contributed by atoms with Crippen LogP contribution in [0.5, 0.6) is 0 Å². The number of halogens is 1. The molecule has 2 heterocycles. The number of morpholine rings is 1. The van der Waals surface area contributed by atoms with E-state index < -0.39 is 4.92 Å². The summed E-state index contributed by atoms with van der Waals surface area (Å²) in [6, 6.07) is 6.73. The zero-order valence-electron chi connectivity index (χ0n) is 14.6. The normalized spacial score (nSPS) is 14.7. The highest BCUT2D eigenvalue weighted by molar-refractivity contribution is 6.30. The van der Waals surface area contributed by atoms with Crippen LogP contribution in [-0.2, 0) is 4.74 Å². The van der Waals surface area contributed by atoms with Crippen molar-refractivity contribution in [3.63, 3.8) is 0 Å². The Hall–Kier alpha value is -2.69. The number of rotatable bonds is 7. The molecule has 0 unspecified atom stereocenters. The summed E-state index contributed by atoms with van der Waals surface area (Å²) in [5.41, 5.74) is 6.03. The van der Waals surface area contributed by atoms with Gasteiger partial charge in [-0.3, -0.25) is 10.1 Å². The Kier molecular flexibility index (Phi) is 6.22. The molecule has 0 radical (unpaired) electrons. The van der Waals surface area contributed by atoms with Gasteiger partial charge in [-0.15, -0.1) is 0 Å². The van der Waals surface area contributed by atoms with Gasteiger partial charge in [0.15, 0.2) is 0 Å². The minimum absolute atomic E-state index is 0.0241. The number of anilines is 4. The van der Waals surface area contributed by atoms with Crippen LogP contribution in [0, 0.1) is 10.1 Å². The zero-order valence-corrected chi connectivity index (χ0v) is 15.3.